The van der Waals surface area contributed by atoms with E-state index in [2.05, 4.69) is 0 Å². The second kappa shape index (κ2) is 14.0. The van der Waals surface area contributed by atoms with E-state index in [-0.39, 0.29) is 41.6 Å². The van der Waals surface area contributed by atoms with Gasteiger partial charge >= 0.3 is 18.0 Å². The van der Waals surface area contributed by atoms with Crippen LogP contribution >= 0.6 is 0 Å². The van der Waals surface area contributed by atoms with Crippen LogP contribution in [0.15, 0.2) is 18.2 Å². The maximum atomic E-state index is 14.0. The summed E-state index contributed by atoms with van der Waals surface area (Å²) in [6.07, 6.45) is 7.59. The van der Waals surface area contributed by atoms with Crippen LogP contribution in [0.2, 0.25) is 0 Å². The highest BCUT2D eigenvalue weighted by Gasteiger charge is 2.46. The topological polar surface area (TPSA) is 112 Å². The van der Waals surface area contributed by atoms with Crippen LogP contribution < -0.4 is 4.74 Å². The Bertz CT molecular complexity index is 1250. The summed E-state index contributed by atoms with van der Waals surface area (Å²) in [4.78, 5) is 56.0. The summed E-state index contributed by atoms with van der Waals surface area (Å²) < 4.78 is 22.9. The number of hydrogen-bond acceptors (Lipinski definition) is 8. The van der Waals surface area contributed by atoms with Gasteiger partial charge in [0.15, 0.2) is 0 Å². The van der Waals surface area contributed by atoms with Crippen LogP contribution in [0.3, 0.4) is 0 Å². The van der Waals surface area contributed by atoms with Crippen molar-refractivity contribution in [3.05, 3.63) is 29.3 Å². The monoisotopic (exact) mass is 626 g/mol. The fourth-order valence-electron chi connectivity index (χ4n) is 7.01. The molecule has 1 aromatic carbocycles. The molecule has 10 heteroatoms. The normalized spacial score (nSPS) is 26.8. The molecule has 1 aromatic rings. The average Bonchev–Trinajstić information content (AvgIpc) is 3.41. The van der Waals surface area contributed by atoms with Gasteiger partial charge in [0.1, 0.15) is 17.9 Å². The van der Waals surface area contributed by atoms with Crippen molar-refractivity contribution in [3.8, 4) is 5.75 Å². The molecule has 3 atom stereocenters. The molecule has 1 saturated carbocycles. The molecule has 2 amide bonds. The quantitative estimate of drug-likeness (QED) is 0.285. The van der Waals surface area contributed by atoms with Crippen LogP contribution in [0, 0.1) is 16.7 Å². The van der Waals surface area contributed by atoms with Crippen LogP contribution in [0.1, 0.15) is 103 Å². The minimum absolute atomic E-state index is 0.125. The maximum Gasteiger partial charge on any atom is 0.410 e. The zero-order valence-electron chi connectivity index (χ0n) is 27.4. The third-order valence-electron chi connectivity index (χ3n) is 10.1. The highest BCUT2D eigenvalue weighted by molar-refractivity contribution is 5.87. The minimum atomic E-state index is -0.829. The molecule has 0 N–H and O–H groups in total. The van der Waals surface area contributed by atoms with Crippen molar-refractivity contribution in [2.45, 2.75) is 117 Å². The molecule has 10 nitrogen and oxygen atoms in total. The Kier molecular flexibility index (Phi) is 10.3. The van der Waals surface area contributed by atoms with Gasteiger partial charge in [-0.2, -0.15) is 0 Å². The zero-order chi connectivity index (χ0) is 32.2. The van der Waals surface area contributed by atoms with Crippen molar-refractivity contribution in [1.82, 2.24) is 9.80 Å². The average molecular weight is 627 g/mol. The standard InChI is InChI=1S/C35H50N2O8/c1-34(2,3)27-12-6-7-14-30(38)44-23-35(16-17-35)15-8-5-9-18-43-29-13-10-11-24-20-36(22-26(24)29)33(41)45-25-19-28(32(40)42-4)37(21-25)31(27)39/h10-11,13,25,27-28H,5-9,12,14-23H2,1-4H3. The molecule has 3 heterocycles. The molecule has 0 aromatic heterocycles. The molecule has 4 bridgehead atoms. The predicted molar refractivity (Wildman–Crippen MR) is 166 cm³/mol. The third kappa shape index (κ3) is 8.11. The first-order valence-corrected chi connectivity index (χ1v) is 16.7. The Labute approximate surface area is 267 Å². The number of fused-ring (bicyclic) bond motifs is 3. The lowest BCUT2D eigenvalue weighted by Gasteiger charge is -2.34. The summed E-state index contributed by atoms with van der Waals surface area (Å²) in [7, 11) is 1.31. The Morgan fingerprint density at radius 3 is 2.51 bits per heavy atom. The molecular formula is C35H50N2O8. The van der Waals surface area contributed by atoms with Crippen molar-refractivity contribution in [2.75, 3.05) is 26.9 Å². The van der Waals surface area contributed by atoms with Crippen LogP contribution in [-0.4, -0.2) is 72.8 Å². The largest absolute Gasteiger partial charge is 0.493 e. The number of methoxy groups -OCH3 is 1. The number of carbonyl (C=O) groups is 4. The van der Waals surface area contributed by atoms with E-state index >= 15 is 0 Å². The number of benzene rings is 1. The van der Waals surface area contributed by atoms with Gasteiger partial charge in [0.05, 0.1) is 33.4 Å². The molecule has 248 valence electrons. The molecule has 1 spiro atoms. The molecule has 3 unspecified atom stereocenters. The molecule has 45 heavy (non-hydrogen) atoms. The third-order valence-corrected chi connectivity index (χ3v) is 10.1. The number of nitrogens with zero attached hydrogens (tertiary/aromatic N) is 2. The number of amides is 2. The SMILES string of the molecule is COC(=O)C1CC2CN1C(=O)C(C(C)(C)C)CCCCC(=O)OCC1(CCCCCOc3cccc4c3CN(C4)C(=O)O2)CC1. The van der Waals surface area contributed by atoms with Crippen LogP contribution in [-0.2, 0) is 41.7 Å². The van der Waals surface area contributed by atoms with Gasteiger partial charge in [0, 0.05) is 36.3 Å². The summed E-state index contributed by atoms with van der Waals surface area (Å²) >= 11 is 0. The first-order valence-electron chi connectivity index (χ1n) is 16.7. The van der Waals surface area contributed by atoms with Crippen molar-refractivity contribution >= 4 is 23.9 Å². The number of esters is 2. The smallest absolute Gasteiger partial charge is 0.410 e. The Balaban J connectivity index is 1.31. The lowest BCUT2D eigenvalue weighted by molar-refractivity contribution is -0.154. The number of ether oxygens (including phenoxy) is 4. The van der Waals surface area contributed by atoms with Gasteiger partial charge in [-0.05, 0) is 55.6 Å². The van der Waals surface area contributed by atoms with Gasteiger partial charge in [-0.3, -0.25) is 14.5 Å². The molecule has 5 rings (SSSR count). The molecule has 1 aliphatic carbocycles. The first kappa shape index (κ1) is 33.1. The van der Waals surface area contributed by atoms with Crippen molar-refractivity contribution in [1.29, 1.82) is 0 Å². The summed E-state index contributed by atoms with van der Waals surface area (Å²) in [5.41, 5.74) is 1.77. The summed E-state index contributed by atoms with van der Waals surface area (Å²) in [5, 5.41) is 0. The lowest BCUT2D eigenvalue weighted by Crippen LogP contribution is -2.47. The van der Waals surface area contributed by atoms with E-state index in [4.69, 9.17) is 18.9 Å². The van der Waals surface area contributed by atoms with E-state index in [1.807, 2.05) is 39.0 Å². The maximum absolute atomic E-state index is 14.0. The van der Waals surface area contributed by atoms with Crippen LogP contribution in [0.4, 0.5) is 4.79 Å². The zero-order valence-corrected chi connectivity index (χ0v) is 27.4. The summed E-state index contributed by atoms with van der Waals surface area (Å²) in [5.74, 6) is -0.450. The number of hydrogen-bond donors (Lipinski definition) is 0. The van der Waals surface area contributed by atoms with Crippen molar-refractivity contribution in [3.63, 3.8) is 0 Å². The molecular weight excluding hydrogens is 576 g/mol. The van der Waals surface area contributed by atoms with Crippen molar-refractivity contribution in [2.24, 2.45) is 16.7 Å². The second-order valence-corrected chi connectivity index (χ2v) is 14.5. The van der Waals surface area contributed by atoms with E-state index in [0.717, 1.165) is 55.4 Å². The number of rotatable bonds is 1. The van der Waals surface area contributed by atoms with E-state index in [0.29, 0.717) is 52.0 Å². The van der Waals surface area contributed by atoms with Gasteiger partial charge in [0.2, 0.25) is 5.91 Å². The van der Waals surface area contributed by atoms with E-state index < -0.39 is 24.2 Å². The van der Waals surface area contributed by atoms with Gasteiger partial charge in [-0.25, -0.2) is 9.59 Å². The van der Waals surface area contributed by atoms with Crippen LogP contribution in [0.25, 0.3) is 0 Å². The predicted octanol–water partition coefficient (Wildman–Crippen LogP) is 5.78. The Morgan fingerprint density at radius 2 is 1.78 bits per heavy atom. The van der Waals surface area contributed by atoms with Crippen LogP contribution in [0.5, 0.6) is 5.75 Å². The Hall–Kier alpha value is -3.30. The Morgan fingerprint density at radius 1 is 0.978 bits per heavy atom. The van der Waals surface area contributed by atoms with Gasteiger partial charge in [-0.15, -0.1) is 0 Å². The molecule has 3 aliphatic heterocycles. The number of cyclic esters (lactones) is 1. The molecule has 4 aliphatic rings. The van der Waals surface area contributed by atoms with E-state index in [1.165, 1.54) is 12.0 Å². The molecule has 2 fully saturated rings. The van der Waals surface area contributed by atoms with E-state index in [9.17, 15) is 19.2 Å². The fraction of sp³-hybridized carbons (Fsp3) is 0.714. The minimum Gasteiger partial charge on any atom is -0.493 e. The lowest BCUT2D eigenvalue weighted by atomic mass is 9.76. The summed E-state index contributed by atoms with van der Waals surface area (Å²) in [6, 6.07) is 5.07. The second-order valence-electron chi connectivity index (χ2n) is 14.5. The number of carbonyl (C=O) groups excluding carboxylic acids is 4. The van der Waals surface area contributed by atoms with E-state index in [1.54, 1.807) is 4.90 Å². The highest BCUT2D eigenvalue weighted by Crippen LogP contribution is 2.50. The first-order chi connectivity index (χ1) is 21.5. The molecule has 1 saturated heterocycles. The summed E-state index contributed by atoms with van der Waals surface area (Å²) in [6.45, 7) is 8.05. The van der Waals surface area contributed by atoms with Gasteiger partial charge in [0.25, 0.3) is 0 Å². The van der Waals surface area contributed by atoms with Gasteiger partial charge < -0.3 is 23.8 Å². The molecule has 0 radical (unpaired) electrons. The van der Waals surface area contributed by atoms with Crippen molar-refractivity contribution < 1.29 is 38.1 Å². The highest BCUT2D eigenvalue weighted by atomic mass is 16.6. The van der Waals surface area contributed by atoms with Gasteiger partial charge in [-0.1, -0.05) is 52.2 Å². The fourth-order valence-corrected chi connectivity index (χ4v) is 7.01.